The van der Waals surface area contributed by atoms with Gasteiger partial charge in [0.15, 0.2) is 0 Å². The van der Waals surface area contributed by atoms with E-state index in [0.29, 0.717) is 5.82 Å². The van der Waals surface area contributed by atoms with Gasteiger partial charge >= 0.3 is 0 Å². The largest absolute Gasteiger partial charge is 0.309 e. The van der Waals surface area contributed by atoms with E-state index < -0.39 is 5.91 Å². The van der Waals surface area contributed by atoms with Crippen molar-refractivity contribution in [3.63, 3.8) is 0 Å². The molecule has 3 rings (SSSR count). The number of rotatable bonds is 3. The predicted molar refractivity (Wildman–Crippen MR) is 79.8 cm³/mol. The highest BCUT2D eigenvalue weighted by Crippen LogP contribution is 2.37. The van der Waals surface area contributed by atoms with E-state index in [1.807, 2.05) is 13.0 Å². The molecule has 2 heterocycles. The van der Waals surface area contributed by atoms with Crippen LogP contribution in [0.3, 0.4) is 0 Å². The molecule has 0 aromatic carbocycles. The van der Waals surface area contributed by atoms with Gasteiger partial charge in [-0.05, 0) is 31.4 Å². The number of amides is 3. The Balaban J connectivity index is 1.64. The van der Waals surface area contributed by atoms with Crippen molar-refractivity contribution in [2.75, 3.05) is 11.9 Å². The number of nitrogens with zero attached hydrogens (tertiary/aromatic N) is 2. The van der Waals surface area contributed by atoms with E-state index in [2.05, 4.69) is 10.3 Å². The van der Waals surface area contributed by atoms with Crippen LogP contribution in [-0.4, -0.2) is 34.2 Å². The van der Waals surface area contributed by atoms with Gasteiger partial charge < -0.3 is 5.32 Å². The Morgan fingerprint density at radius 3 is 2.41 bits per heavy atom. The summed E-state index contributed by atoms with van der Waals surface area (Å²) in [5.74, 6) is -0.787. The highest BCUT2D eigenvalue weighted by Gasteiger charge is 2.48. The minimum atomic E-state index is -0.392. The summed E-state index contributed by atoms with van der Waals surface area (Å²) in [7, 11) is 0. The third kappa shape index (κ3) is 2.73. The number of hydrogen-bond donors (Lipinski definition) is 1. The first-order valence-corrected chi connectivity index (χ1v) is 7.64. The molecule has 6 heteroatoms. The Kier molecular flexibility index (Phi) is 3.92. The van der Waals surface area contributed by atoms with Crippen molar-refractivity contribution in [1.29, 1.82) is 0 Å². The lowest BCUT2D eigenvalue weighted by molar-refractivity contribution is -0.142. The number of pyridine rings is 1. The maximum Gasteiger partial charge on any atom is 0.245 e. The Morgan fingerprint density at radius 2 is 1.86 bits per heavy atom. The maximum absolute atomic E-state index is 12.3. The topological polar surface area (TPSA) is 79.4 Å². The fourth-order valence-electron chi connectivity index (χ4n) is 3.25. The molecule has 0 spiro atoms. The third-order valence-corrected chi connectivity index (χ3v) is 4.41. The molecule has 3 amide bonds. The van der Waals surface area contributed by atoms with E-state index in [1.165, 1.54) is 0 Å². The van der Waals surface area contributed by atoms with Crippen molar-refractivity contribution < 1.29 is 14.4 Å². The quantitative estimate of drug-likeness (QED) is 0.858. The normalized spacial score (nSPS) is 24.3. The van der Waals surface area contributed by atoms with Crippen LogP contribution in [0, 0.1) is 18.8 Å². The number of aromatic nitrogens is 1. The molecule has 6 nitrogen and oxygen atoms in total. The lowest BCUT2D eigenvalue weighted by atomic mass is 9.81. The molecule has 2 atom stereocenters. The summed E-state index contributed by atoms with van der Waals surface area (Å²) >= 11 is 0. The summed E-state index contributed by atoms with van der Waals surface area (Å²) in [5.41, 5.74) is 0.993. The number of nitrogens with one attached hydrogen (secondary N) is 1. The van der Waals surface area contributed by atoms with Gasteiger partial charge in [0.25, 0.3) is 0 Å². The fraction of sp³-hybridized carbons (Fsp3) is 0.500. The number of hydrogen-bond acceptors (Lipinski definition) is 4. The van der Waals surface area contributed by atoms with E-state index in [0.717, 1.165) is 36.1 Å². The predicted octanol–water partition coefficient (Wildman–Crippen LogP) is 1.50. The zero-order chi connectivity index (χ0) is 15.7. The van der Waals surface area contributed by atoms with Gasteiger partial charge in [-0.1, -0.05) is 18.9 Å². The van der Waals surface area contributed by atoms with Crippen LogP contribution in [0.1, 0.15) is 31.2 Å². The smallest absolute Gasteiger partial charge is 0.245 e. The number of aryl methyl sites for hydroxylation is 1. The second kappa shape index (κ2) is 5.87. The van der Waals surface area contributed by atoms with Gasteiger partial charge in [-0.2, -0.15) is 0 Å². The minimum Gasteiger partial charge on any atom is -0.309 e. The van der Waals surface area contributed by atoms with E-state index in [4.69, 9.17) is 0 Å². The van der Waals surface area contributed by atoms with E-state index in [1.54, 1.807) is 12.3 Å². The second-order valence-corrected chi connectivity index (χ2v) is 6.03. The molecule has 2 aliphatic rings. The van der Waals surface area contributed by atoms with Crippen molar-refractivity contribution in [3.8, 4) is 0 Å². The van der Waals surface area contributed by atoms with Gasteiger partial charge in [-0.15, -0.1) is 0 Å². The van der Waals surface area contributed by atoms with Crippen molar-refractivity contribution in [3.05, 3.63) is 23.9 Å². The molecule has 1 N–H and O–H groups in total. The molecule has 1 aliphatic carbocycles. The molecule has 0 unspecified atom stereocenters. The molecule has 0 bridgehead atoms. The average molecular weight is 301 g/mol. The molecular weight excluding hydrogens is 282 g/mol. The molecule has 1 aromatic rings. The Labute approximate surface area is 128 Å². The SMILES string of the molecule is Cc1ccc(NC(=O)CN2C(=O)[C@@H]3CCCC[C@H]3C2=O)nc1. The van der Waals surface area contributed by atoms with Gasteiger partial charge in [0.05, 0.1) is 11.8 Å². The van der Waals surface area contributed by atoms with Crippen LogP contribution in [0.25, 0.3) is 0 Å². The van der Waals surface area contributed by atoms with Crippen LogP contribution in [0.15, 0.2) is 18.3 Å². The third-order valence-electron chi connectivity index (χ3n) is 4.41. The Bertz CT molecular complexity index is 588. The number of anilines is 1. The Hall–Kier alpha value is -2.24. The van der Waals surface area contributed by atoms with Gasteiger partial charge in [-0.3, -0.25) is 19.3 Å². The standard InChI is InChI=1S/C16H19N3O3/c1-10-6-7-13(17-8-10)18-14(20)9-19-15(21)11-4-2-3-5-12(11)16(19)22/h6-8,11-12H,2-5,9H2,1H3,(H,17,18,20)/t11-,12-/m1/s1. The summed E-state index contributed by atoms with van der Waals surface area (Å²) in [6, 6.07) is 3.53. The number of likely N-dealkylation sites (tertiary alicyclic amines) is 1. The van der Waals surface area contributed by atoms with Gasteiger partial charge in [-0.25, -0.2) is 4.98 Å². The summed E-state index contributed by atoms with van der Waals surface area (Å²) in [5, 5.41) is 2.62. The van der Waals surface area contributed by atoms with Crippen molar-refractivity contribution in [2.45, 2.75) is 32.6 Å². The first-order valence-electron chi connectivity index (χ1n) is 7.64. The molecule has 1 aromatic heterocycles. The first kappa shape index (κ1) is 14.7. The lowest BCUT2D eigenvalue weighted by Crippen LogP contribution is -2.38. The number of fused-ring (bicyclic) bond motifs is 1. The molecular formula is C16H19N3O3. The summed E-state index contributed by atoms with van der Waals surface area (Å²) in [6.07, 6.45) is 5.12. The molecule has 116 valence electrons. The van der Waals surface area contributed by atoms with Crippen LogP contribution in [0.2, 0.25) is 0 Å². The number of carbonyl (C=O) groups is 3. The lowest BCUT2D eigenvalue weighted by Gasteiger charge is -2.19. The molecule has 22 heavy (non-hydrogen) atoms. The van der Waals surface area contributed by atoms with Crippen LogP contribution in [-0.2, 0) is 14.4 Å². The average Bonchev–Trinajstić information content (AvgIpc) is 2.75. The summed E-state index contributed by atoms with van der Waals surface area (Å²) in [6.45, 7) is 1.68. The molecule has 2 fully saturated rings. The summed E-state index contributed by atoms with van der Waals surface area (Å²) in [4.78, 5) is 41.8. The van der Waals surface area contributed by atoms with Crippen LogP contribution >= 0.6 is 0 Å². The van der Waals surface area contributed by atoms with Crippen LogP contribution in [0.5, 0.6) is 0 Å². The van der Waals surface area contributed by atoms with Crippen molar-refractivity contribution >= 4 is 23.5 Å². The Morgan fingerprint density at radius 1 is 1.23 bits per heavy atom. The summed E-state index contributed by atoms with van der Waals surface area (Å²) < 4.78 is 0. The maximum atomic E-state index is 12.3. The van der Waals surface area contributed by atoms with E-state index in [-0.39, 0.29) is 30.2 Å². The fourth-order valence-corrected chi connectivity index (χ4v) is 3.25. The van der Waals surface area contributed by atoms with Gasteiger partial charge in [0.2, 0.25) is 17.7 Å². The zero-order valence-corrected chi connectivity index (χ0v) is 12.5. The monoisotopic (exact) mass is 301 g/mol. The first-order chi connectivity index (χ1) is 10.6. The number of imide groups is 1. The second-order valence-electron chi connectivity index (χ2n) is 6.03. The van der Waals surface area contributed by atoms with Gasteiger partial charge in [0.1, 0.15) is 12.4 Å². The molecule has 1 saturated heterocycles. The van der Waals surface area contributed by atoms with Crippen molar-refractivity contribution in [1.82, 2.24) is 9.88 Å². The van der Waals surface area contributed by atoms with E-state index in [9.17, 15) is 14.4 Å². The molecule has 0 radical (unpaired) electrons. The minimum absolute atomic E-state index is 0.193. The van der Waals surface area contributed by atoms with E-state index >= 15 is 0 Å². The highest BCUT2D eigenvalue weighted by atomic mass is 16.2. The number of carbonyl (C=O) groups excluding carboxylic acids is 3. The molecule has 1 aliphatic heterocycles. The van der Waals surface area contributed by atoms with Crippen molar-refractivity contribution in [2.24, 2.45) is 11.8 Å². The molecule has 1 saturated carbocycles. The highest BCUT2D eigenvalue weighted by molar-refractivity contribution is 6.08. The van der Waals surface area contributed by atoms with Crippen LogP contribution in [0.4, 0.5) is 5.82 Å². The van der Waals surface area contributed by atoms with Gasteiger partial charge in [0, 0.05) is 6.20 Å². The van der Waals surface area contributed by atoms with Crippen LogP contribution < -0.4 is 5.32 Å². The zero-order valence-electron chi connectivity index (χ0n) is 12.5.